The lowest BCUT2D eigenvalue weighted by Gasteiger charge is -2.18. The Morgan fingerprint density at radius 3 is 2.27 bits per heavy atom. The summed E-state index contributed by atoms with van der Waals surface area (Å²) in [6.45, 7) is 5.65. The number of methoxy groups -OCH3 is 3. The second kappa shape index (κ2) is 10.9. The first-order chi connectivity index (χ1) is 14.4. The van der Waals surface area contributed by atoms with E-state index in [4.69, 9.17) is 18.9 Å². The zero-order valence-electron chi connectivity index (χ0n) is 17.7. The highest BCUT2D eigenvalue weighted by atomic mass is 16.5. The third-order valence-electron chi connectivity index (χ3n) is 4.52. The molecule has 1 N–H and O–H groups in total. The number of benzene rings is 2. The lowest BCUT2D eigenvalue weighted by molar-refractivity contribution is -0.147. The molecule has 0 heterocycles. The average Bonchev–Trinajstić information content (AvgIpc) is 2.79. The van der Waals surface area contributed by atoms with Gasteiger partial charge in [0.05, 0.1) is 27.9 Å². The fourth-order valence-corrected chi connectivity index (χ4v) is 2.69. The van der Waals surface area contributed by atoms with Gasteiger partial charge in [-0.15, -0.1) is 0 Å². The van der Waals surface area contributed by atoms with E-state index in [-0.39, 0.29) is 18.7 Å². The Morgan fingerprint density at radius 1 is 1.03 bits per heavy atom. The van der Waals surface area contributed by atoms with Crippen LogP contribution in [0.25, 0.3) is 0 Å². The molecule has 0 radical (unpaired) electrons. The Bertz CT molecular complexity index is 894. The predicted octanol–water partition coefficient (Wildman–Crippen LogP) is 3.84. The van der Waals surface area contributed by atoms with Crippen molar-refractivity contribution >= 4 is 17.4 Å². The van der Waals surface area contributed by atoms with Crippen LogP contribution in [0.2, 0.25) is 0 Å². The van der Waals surface area contributed by atoms with Crippen molar-refractivity contribution in [3.8, 4) is 11.5 Å². The summed E-state index contributed by atoms with van der Waals surface area (Å²) < 4.78 is 21.0. The third-order valence-corrected chi connectivity index (χ3v) is 4.52. The number of hydrogen-bond acceptors (Lipinski definition) is 7. The molecule has 0 amide bonds. The molecule has 160 valence electrons. The second-order valence-corrected chi connectivity index (χ2v) is 6.53. The van der Waals surface area contributed by atoms with Crippen LogP contribution in [0.5, 0.6) is 11.5 Å². The summed E-state index contributed by atoms with van der Waals surface area (Å²) >= 11 is 0. The first kappa shape index (κ1) is 22.8. The van der Waals surface area contributed by atoms with E-state index in [2.05, 4.69) is 11.9 Å². The molecular formula is C23H27NO6. The molecule has 0 spiro atoms. The van der Waals surface area contributed by atoms with Gasteiger partial charge in [0, 0.05) is 17.3 Å². The fraction of sp³-hybridized carbons (Fsp3) is 0.304. The molecule has 0 aliphatic rings. The van der Waals surface area contributed by atoms with Gasteiger partial charge in [0.1, 0.15) is 18.3 Å². The smallest absolute Gasteiger partial charge is 0.316 e. The van der Waals surface area contributed by atoms with E-state index in [1.165, 1.54) is 28.3 Å². The van der Waals surface area contributed by atoms with Gasteiger partial charge in [-0.2, -0.15) is 0 Å². The molecule has 0 bridgehead atoms. The second-order valence-electron chi connectivity index (χ2n) is 6.53. The van der Waals surface area contributed by atoms with E-state index in [1.54, 1.807) is 12.1 Å². The molecule has 7 heteroatoms. The van der Waals surface area contributed by atoms with E-state index in [1.807, 2.05) is 30.3 Å². The summed E-state index contributed by atoms with van der Waals surface area (Å²) in [6.07, 6.45) is 0. The lowest BCUT2D eigenvalue weighted by Crippen LogP contribution is -2.24. The van der Waals surface area contributed by atoms with Gasteiger partial charge in [-0.3, -0.25) is 9.59 Å². The maximum atomic E-state index is 13.1. The van der Waals surface area contributed by atoms with Gasteiger partial charge in [0.15, 0.2) is 17.3 Å². The summed E-state index contributed by atoms with van der Waals surface area (Å²) in [6, 6.07) is 12.5. The normalized spacial score (nSPS) is 11.2. The van der Waals surface area contributed by atoms with Crippen molar-refractivity contribution in [3.63, 3.8) is 0 Å². The van der Waals surface area contributed by atoms with Crippen molar-refractivity contribution in [2.45, 2.75) is 13.5 Å². The van der Waals surface area contributed by atoms with Crippen molar-refractivity contribution < 1.29 is 28.5 Å². The van der Waals surface area contributed by atoms with Crippen LogP contribution in [0.3, 0.4) is 0 Å². The minimum atomic E-state index is -1.00. The standard InChI is InChI=1S/C23H27NO6/c1-15(27-3)13-24-19-12-21(29-5)20(28-4)11-18(19)22(25)16(2)23(26)30-14-17-9-7-6-8-10-17/h6-12,16,24H,1,13-14H2,2-5H3. The van der Waals surface area contributed by atoms with E-state index >= 15 is 0 Å². The Labute approximate surface area is 176 Å². The van der Waals surface area contributed by atoms with E-state index in [0.29, 0.717) is 22.9 Å². The lowest BCUT2D eigenvalue weighted by atomic mass is 9.97. The van der Waals surface area contributed by atoms with Crippen LogP contribution in [0.4, 0.5) is 5.69 Å². The number of ketones is 1. The molecular weight excluding hydrogens is 386 g/mol. The Balaban J connectivity index is 2.23. The molecule has 1 unspecified atom stereocenters. The highest BCUT2D eigenvalue weighted by molar-refractivity contribution is 6.11. The van der Waals surface area contributed by atoms with Gasteiger partial charge >= 0.3 is 5.97 Å². The van der Waals surface area contributed by atoms with Gasteiger partial charge in [-0.1, -0.05) is 36.9 Å². The number of carbonyl (C=O) groups is 2. The summed E-state index contributed by atoms with van der Waals surface area (Å²) in [5.41, 5.74) is 1.59. The maximum Gasteiger partial charge on any atom is 0.316 e. The SMILES string of the molecule is C=C(CNc1cc(OC)c(OC)cc1C(=O)C(C)C(=O)OCc1ccccc1)OC. The van der Waals surface area contributed by atoms with Gasteiger partial charge in [-0.25, -0.2) is 0 Å². The monoisotopic (exact) mass is 413 g/mol. The van der Waals surface area contributed by atoms with Gasteiger partial charge < -0.3 is 24.3 Å². The van der Waals surface area contributed by atoms with Gasteiger partial charge in [-0.05, 0) is 18.6 Å². The Hall–Kier alpha value is -3.48. The fourth-order valence-electron chi connectivity index (χ4n) is 2.69. The number of rotatable bonds is 11. The molecule has 7 nitrogen and oxygen atoms in total. The molecule has 0 saturated heterocycles. The van der Waals surface area contributed by atoms with Crippen molar-refractivity contribution in [3.05, 3.63) is 65.9 Å². The van der Waals surface area contributed by atoms with Crippen LogP contribution in [0, 0.1) is 5.92 Å². The van der Waals surface area contributed by atoms with Crippen molar-refractivity contribution in [1.82, 2.24) is 0 Å². The van der Waals surface area contributed by atoms with E-state index in [9.17, 15) is 9.59 Å². The molecule has 0 aromatic heterocycles. The molecule has 2 aromatic carbocycles. The number of nitrogens with one attached hydrogen (secondary N) is 1. The Kier molecular flexibility index (Phi) is 8.29. The molecule has 0 fully saturated rings. The first-order valence-corrected chi connectivity index (χ1v) is 9.37. The van der Waals surface area contributed by atoms with E-state index in [0.717, 1.165) is 5.56 Å². The number of hydrogen-bond donors (Lipinski definition) is 1. The van der Waals surface area contributed by atoms with Crippen LogP contribution < -0.4 is 14.8 Å². The summed E-state index contributed by atoms with van der Waals surface area (Å²) in [5.74, 6) is -0.706. The number of esters is 1. The topological polar surface area (TPSA) is 83.1 Å². The van der Waals surface area contributed by atoms with Gasteiger partial charge in [0.2, 0.25) is 0 Å². The third kappa shape index (κ3) is 5.76. The summed E-state index contributed by atoms with van der Waals surface area (Å²) in [5, 5.41) is 3.09. The summed E-state index contributed by atoms with van der Waals surface area (Å²) in [7, 11) is 4.49. The zero-order valence-corrected chi connectivity index (χ0v) is 17.7. The van der Waals surface area contributed by atoms with Crippen molar-refractivity contribution in [1.29, 1.82) is 0 Å². The largest absolute Gasteiger partial charge is 0.500 e. The number of Topliss-reactive ketones (excluding diaryl/α,β-unsaturated/α-hetero) is 1. The molecule has 1 atom stereocenters. The van der Waals surface area contributed by atoms with Crippen LogP contribution in [-0.4, -0.2) is 39.6 Å². The quantitative estimate of drug-likeness (QED) is 0.259. The Morgan fingerprint density at radius 2 is 1.67 bits per heavy atom. The molecule has 0 aliphatic heterocycles. The number of anilines is 1. The average molecular weight is 413 g/mol. The zero-order chi connectivity index (χ0) is 22.1. The van der Waals surface area contributed by atoms with Crippen LogP contribution >= 0.6 is 0 Å². The maximum absolute atomic E-state index is 13.1. The van der Waals surface area contributed by atoms with Gasteiger partial charge in [0.25, 0.3) is 0 Å². The van der Waals surface area contributed by atoms with Crippen LogP contribution in [0.1, 0.15) is 22.8 Å². The highest BCUT2D eigenvalue weighted by Gasteiger charge is 2.28. The minimum Gasteiger partial charge on any atom is -0.500 e. The van der Waals surface area contributed by atoms with Crippen molar-refractivity contribution in [2.24, 2.45) is 5.92 Å². The summed E-state index contributed by atoms with van der Waals surface area (Å²) in [4.78, 5) is 25.6. The van der Waals surface area contributed by atoms with Crippen molar-refractivity contribution in [2.75, 3.05) is 33.2 Å². The number of carbonyl (C=O) groups excluding carboxylic acids is 2. The highest BCUT2D eigenvalue weighted by Crippen LogP contribution is 2.34. The predicted molar refractivity (Wildman–Crippen MR) is 114 cm³/mol. The first-order valence-electron chi connectivity index (χ1n) is 9.37. The molecule has 2 aromatic rings. The molecule has 0 aliphatic carbocycles. The molecule has 0 saturated carbocycles. The van der Waals surface area contributed by atoms with Crippen LogP contribution in [0.15, 0.2) is 54.8 Å². The number of ether oxygens (including phenoxy) is 4. The van der Waals surface area contributed by atoms with Crippen LogP contribution in [-0.2, 0) is 20.9 Å². The molecule has 2 rings (SSSR count). The molecule has 30 heavy (non-hydrogen) atoms. The minimum absolute atomic E-state index is 0.0992. The van der Waals surface area contributed by atoms with E-state index < -0.39 is 17.7 Å².